The topological polar surface area (TPSA) is 54.4 Å². The third-order valence-electron chi connectivity index (χ3n) is 2.23. The van der Waals surface area contributed by atoms with Gasteiger partial charge in [0.2, 0.25) is 9.84 Å². The molecule has 0 amide bonds. The van der Waals surface area contributed by atoms with E-state index in [0.717, 1.165) is 4.90 Å². The molecule has 1 aromatic carbocycles. The Morgan fingerprint density at radius 3 is 2.28 bits per heavy atom. The molecule has 0 saturated carbocycles. The molecule has 7 heteroatoms. The van der Waals surface area contributed by atoms with Gasteiger partial charge in [-0.05, 0) is 30.2 Å². The van der Waals surface area contributed by atoms with E-state index in [4.69, 9.17) is 5.11 Å². The number of alkyl halides is 2. The van der Waals surface area contributed by atoms with Gasteiger partial charge in [-0.1, -0.05) is 6.92 Å². The Balaban J connectivity index is 2.75. The maximum atomic E-state index is 12.3. The summed E-state index contributed by atoms with van der Waals surface area (Å²) in [5.41, 5.74) is 0. The van der Waals surface area contributed by atoms with Crippen LogP contribution in [0.5, 0.6) is 0 Å². The summed E-state index contributed by atoms with van der Waals surface area (Å²) in [4.78, 5) is 0.403. The zero-order valence-electron chi connectivity index (χ0n) is 9.71. The van der Waals surface area contributed by atoms with Crippen molar-refractivity contribution in [2.45, 2.75) is 22.5 Å². The highest BCUT2D eigenvalue weighted by molar-refractivity contribution is 7.99. The van der Waals surface area contributed by atoms with Gasteiger partial charge in [0.1, 0.15) is 0 Å². The molecular weight excluding hydrogens is 282 g/mol. The van der Waals surface area contributed by atoms with Gasteiger partial charge in [0.15, 0.2) is 0 Å². The Morgan fingerprint density at radius 1 is 1.28 bits per heavy atom. The first kappa shape index (κ1) is 15.4. The van der Waals surface area contributed by atoms with E-state index in [1.807, 2.05) is 6.92 Å². The molecule has 0 aromatic heterocycles. The molecule has 0 aliphatic heterocycles. The van der Waals surface area contributed by atoms with Gasteiger partial charge in [0.05, 0.1) is 4.90 Å². The van der Waals surface area contributed by atoms with Crippen LogP contribution in [0.1, 0.15) is 6.92 Å². The van der Waals surface area contributed by atoms with Gasteiger partial charge >= 0.3 is 5.76 Å². The number of hydrogen-bond donors (Lipinski definition) is 1. The second-order valence-corrected chi connectivity index (χ2v) is 6.89. The van der Waals surface area contributed by atoms with Gasteiger partial charge in [-0.15, -0.1) is 11.8 Å². The van der Waals surface area contributed by atoms with Crippen molar-refractivity contribution < 1.29 is 22.3 Å². The standard InChI is InChI=1S/C11H14F2O3S2/c1-8(6-14)7-17-9-2-4-10(5-3-9)18(15,16)11(12)13/h2-5,8,11,14H,6-7H2,1H3. The average molecular weight is 296 g/mol. The van der Waals surface area contributed by atoms with Crippen molar-refractivity contribution in [3.8, 4) is 0 Å². The second-order valence-electron chi connectivity index (χ2n) is 3.88. The van der Waals surface area contributed by atoms with E-state index in [2.05, 4.69) is 0 Å². The summed E-state index contributed by atoms with van der Waals surface area (Å²) in [6, 6.07) is 5.33. The van der Waals surface area contributed by atoms with Gasteiger partial charge in [-0.25, -0.2) is 8.42 Å². The number of benzene rings is 1. The van der Waals surface area contributed by atoms with Crippen LogP contribution in [0, 0.1) is 5.92 Å². The molecule has 102 valence electrons. The molecule has 0 radical (unpaired) electrons. The van der Waals surface area contributed by atoms with Crippen LogP contribution in [-0.4, -0.2) is 31.6 Å². The smallest absolute Gasteiger partial charge is 0.341 e. The number of halogens is 2. The van der Waals surface area contributed by atoms with Crippen LogP contribution in [-0.2, 0) is 9.84 Å². The summed E-state index contributed by atoms with van der Waals surface area (Å²) in [6.45, 7) is 1.95. The van der Waals surface area contributed by atoms with Crippen LogP contribution >= 0.6 is 11.8 Å². The molecule has 1 N–H and O–H groups in total. The highest BCUT2D eigenvalue weighted by Gasteiger charge is 2.26. The molecule has 1 atom stereocenters. The van der Waals surface area contributed by atoms with Crippen molar-refractivity contribution in [3.05, 3.63) is 24.3 Å². The summed E-state index contributed by atoms with van der Waals surface area (Å²) >= 11 is 1.44. The van der Waals surface area contributed by atoms with Crippen LogP contribution in [0.4, 0.5) is 8.78 Å². The molecule has 18 heavy (non-hydrogen) atoms. The average Bonchev–Trinajstić information content (AvgIpc) is 2.36. The predicted octanol–water partition coefficient (Wildman–Crippen LogP) is 2.40. The Labute approximate surface area is 109 Å². The minimum absolute atomic E-state index is 0.0743. The summed E-state index contributed by atoms with van der Waals surface area (Å²) in [5.74, 6) is -2.60. The largest absolute Gasteiger partial charge is 0.396 e. The van der Waals surface area contributed by atoms with E-state index in [0.29, 0.717) is 5.75 Å². The van der Waals surface area contributed by atoms with Crippen molar-refractivity contribution in [3.63, 3.8) is 0 Å². The summed E-state index contributed by atoms with van der Waals surface area (Å²) in [6.07, 6.45) is 0. The molecule has 0 spiro atoms. The van der Waals surface area contributed by atoms with Gasteiger partial charge in [0, 0.05) is 17.3 Å². The van der Waals surface area contributed by atoms with Crippen LogP contribution in [0.2, 0.25) is 0 Å². The fraction of sp³-hybridized carbons (Fsp3) is 0.455. The third-order valence-corrected chi connectivity index (χ3v) is 4.97. The minimum atomic E-state index is -4.51. The lowest BCUT2D eigenvalue weighted by atomic mass is 10.2. The number of hydrogen-bond acceptors (Lipinski definition) is 4. The monoisotopic (exact) mass is 296 g/mol. The van der Waals surface area contributed by atoms with Crippen molar-refractivity contribution in [1.29, 1.82) is 0 Å². The van der Waals surface area contributed by atoms with Crippen molar-refractivity contribution in [2.75, 3.05) is 12.4 Å². The van der Waals surface area contributed by atoms with E-state index in [1.54, 1.807) is 0 Å². The van der Waals surface area contributed by atoms with Gasteiger partial charge < -0.3 is 5.11 Å². The molecule has 3 nitrogen and oxygen atoms in total. The van der Waals surface area contributed by atoms with Crippen molar-refractivity contribution in [1.82, 2.24) is 0 Å². The molecule has 0 bridgehead atoms. The molecule has 1 rings (SSSR count). The summed E-state index contributed by atoms with van der Waals surface area (Å²) in [5, 5.41) is 8.85. The lowest BCUT2D eigenvalue weighted by Gasteiger charge is -2.08. The Morgan fingerprint density at radius 2 is 1.83 bits per heavy atom. The number of aliphatic hydroxyl groups excluding tert-OH is 1. The normalized spacial score (nSPS) is 13.8. The van der Waals surface area contributed by atoms with E-state index in [1.165, 1.54) is 36.0 Å². The van der Waals surface area contributed by atoms with Gasteiger partial charge in [0.25, 0.3) is 0 Å². The van der Waals surface area contributed by atoms with Crippen LogP contribution in [0.25, 0.3) is 0 Å². The van der Waals surface area contributed by atoms with Crippen molar-refractivity contribution >= 4 is 21.6 Å². The maximum Gasteiger partial charge on any atom is 0.341 e. The first-order chi connectivity index (χ1) is 8.37. The summed E-state index contributed by atoms with van der Waals surface area (Å²) < 4.78 is 46.9. The lowest BCUT2D eigenvalue weighted by Crippen LogP contribution is -2.11. The predicted molar refractivity (Wildman–Crippen MR) is 66.6 cm³/mol. The third kappa shape index (κ3) is 3.93. The van der Waals surface area contributed by atoms with E-state index >= 15 is 0 Å². The zero-order valence-corrected chi connectivity index (χ0v) is 11.3. The lowest BCUT2D eigenvalue weighted by molar-refractivity contribution is 0.234. The summed E-state index contributed by atoms with van der Waals surface area (Å²) in [7, 11) is -4.51. The fourth-order valence-electron chi connectivity index (χ4n) is 1.12. The van der Waals surface area contributed by atoms with E-state index < -0.39 is 15.6 Å². The molecule has 0 aliphatic rings. The molecule has 0 saturated heterocycles. The highest BCUT2D eigenvalue weighted by Crippen LogP contribution is 2.24. The first-order valence-electron chi connectivity index (χ1n) is 5.23. The van der Waals surface area contributed by atoms with Crippen molar-refractivity contribution in [2.24, 2.45) is 5.92 Å². The zero-order chi connectivity index (χ0) is 13.8. The van der Waals surface area contributed by atoms with Gasteiger partial charge in [-0.3, -0.25) is 0 Å². The molecular formula is C11H14F2O3S2. The van der Waals surface area contributed by atoms with Crippen LogP contribution in [0.3, 0.4) is 0 Å². The maximum absolute atomic E-state index is 12.3. The Kier molecular flexibility index (Phi) is 5.55. The first-order valence-corrected chi connectivity index (χ1v) is 7.77. The quantitative estimate of drug-likeness (QED) is 0.819. The molecule has 0 aliphatic carbocycles. The van der Waals surface area contributed by atoms with E-state index in [-0.39, 0.29) is 17.4 Å². The highest BCUT2D eigenvalue weighted by atomic mass is 32.2. The Bertz CT molecular complexity index is 472. The number of thioether (sulfide) groups is 1. The number of aliphatic hydroxyl groups is 1. The number of rotatable bonds is 6. The molecule has 0 fully saturated rings. The second kappa shape index (κ2) is 6.49. The van der Waals surface area contributed by atoms with Gasteiger partial charge in [-0.2, -0.15) is 8.78 Å². The molecule has 1 unspecified atom stereocenters. The Hall–Kier alpha value is -0.660. The fourth-order valence-corrected chi connectivity index (χ4v) is 2.75. The molecule has 1 aromatic rings. The minimum Gasteiger partial charge on any atom is -0.396 e. The van der Waals surface area contributed by atoms with Crippen LogP contribution < -0.4 is 0 Å². The van der Waals surface area contributed by atoms with Crippen LogP contribution in [0.15, 0.2) is 34.1 Å². The number of sulfone groups is 1. The SMILES string of the molecule is CC(CO)CSc1ccc(S(=O)(=O)C(F)F)cc1. The molecule has 0 heterocycles. The van der Waals surface area contributed by atoms with E-state index in [9.17, 15) is 17.2 Å².